The molecule has 0 spiro atoms. The fourth-order valence-electron chi connectivity index (χ4n) is 4.26. The summed E-state index contributed by atoms with van der Waals surface area (Å²) in [5.74, 6) is 2.88. The van der Waals surface area contributed by atoms with Crippen LogP contribution in [0.4, 0.5) is 20.3 Å². The summed E-state index contributed by atoms with van der Waals surface area (Å²) in [7, 11) is 0. The van der Waals surface area contributed by atoms with Gasteiger partial charge in [-0.2, -0.15) is 4.89 Å². The van der Waals surface area contributed by atoms with Gasteiger partial charge < -0.3 is 20.8 Å². The Morgan fingerprint density at radius 3 is 2.62 bits per heavy atom. The van der Waals surface area contributed by atoms with Crippen molar-refractivity contribution in [3.8, 4) is 28.8 Å². The number of aromatic nitrogens is 2. The lowest BCUT2D eigenvalue weighted by Crippen LogP contribution is -2.54. The first-order valence-electron chi connectivity index (χ1n) is 12.3. The Labute approximate surface area is 223 Å². The molecule has 1 saturated carbocycles. The van der Waals surface area contributed by atoms with Crippen LogP contribution in [0.25, 0.3) is 11.3 Å². The van der Waals surface area contributed by atoms with Crippen molar-refractivity contribution in [2.75, 3.05) is 24.1 Å². The molecule has 0 bridgehead atoms. The maximum Gasteiger partial charge on any atom is 0.298 e. The number of carbonyl (C=O) groups is 2. The van der Waals surface area contributed by atoms with E-state index in [1.54, 1.807) is 19.9 Å². The van der Waals surface area contributed by atoms with Gasteiger partial charge in [0.2, 0.25) is 5.75 Å². The molecule has 2 aliphatic rings. The van der Waals surface area contributed by atoms with E-state index in [4.69, 9.17) is 15.5 Å². The van der Waals surface area contributed by atoms with Crippen LogP contribution < -0.4 is 15.9 Å². The fraction of sp³-hybridized carbons (Fsp3) is 0.286. The minimum atomic E-state index is -0.714. The lowest BCUT2D eigenvalue weighted by molar-refractivity contribution is -0.269. The number of anilines is 2. The largest absolute Gasteiger partial charge is 0.380 e. The summed E-state index contributed by atoms with van der Waals surface area (Å²) in [4.78, 5) is 45.2. The Balaban J connectivity index is 1.36. The van der Waals surface area contributed by atoms with Crippen molar-refractivity contribution in [3.63, 3.8) is 0 Å². The van der Waals surface area contributed by atoms with Crippen molar-refractivity contribution in [1.29, 1.82) is 0 Å². The van der Waals surface area contributed by atoms with E-state index in [-0.39, 0.29) is 53.1 Å². The molecule has 3 aromatic rings. The van der Waals surface area contributed by atoms with E-state index in [1.807, 2.05) is 0 Å². The lowest BCUT2D eigenvalue weighted by atomic mass is 10.0. The van der Waals surface area contributed by atoms with Crippen LogP contribution in [0.2, 0.25) is 0 Å². The van der Waals surface area contributed by atoms with Gasteiger partial charge in [0.25, 0.3) is 11.8 Å². The van der Waals surface area contributed by atoms with Crippen LogP contribution in [0.3, 0.4) is 0 Å². The highest BCUT2D eigenvalue weighted by Crippen LogP contribution is 2.41. The van der Waals surface area contributed by atoms with Gasteiger partial charge >= 0.3 is 0 Å². The van der Waals surface area contributed by atoms with E-state index in [0.29, 0.717) is 11.5 Å². The Morgan fingerprint density at radius 2 is 1.92 bits per heavy atom. The first kappa shape index (κ1) is 26.1. The number of halogens is 2. The molecule has 9 nitrogen and oxygen atoms in total. The highest BCUT2D eigenvalue weighted by atomic mass is 19.1. The highest BCUT2D eigenvalue weighted by Gasteiger charge is 2.33. The predicted molar refractivity (Wildman–Crippen MR) is 138 cm³/mol. The first-order chi connectivity index (χ1) is 18.7. The van der Waals surface area contributed by atoms with Gasteiger partial charge in [0.1, 0.15) is 29.8 Å². The molecule has 11 heteroatoms. The van der Waals surface area contributed by atoms with Crippen LogP contribution in [0.5, 0.6) is 5.75 Å². The molecule has 1 aromatic heterocycles. The number of hydrogen-bond donors (Lipinski definition) is 2. The van der Waals surface area contributed by atoms with Crippen molar-refractivity contribution in [3.05, 3.63) is 65.0 Å². The van der Waals surface area contributed by atoms with E-state index in [2.05, 4.69) is 27.1 Å². The molecule has 2 fully saturated rings. The molecule has 1 saturated heterocycles. The first-order valence-corrected chi connectivity index (χ1v) is 12.3. The Morgan fingerprint density at radius 1 is 1.15 bits per heavy atom. The van der Waals surface area contributed by atoms with Crippen molar-refractivity contribution in [2.45, 2.75) is 38.7 Å². The number of rotatable bonds is 7. The van der Waals surface area contributed by atoms with E-state index >= 15 is 0 Å². The van der Waals surface area contributed by atoms with Gasteiger partial charge in [-0.3, -0.25) is 9.59 Å². The third-order valence-corrected chi connectivity index (χ3v) is 6.63. The summed E-state index contributed by atoms with van der Waals surface area (Å²) in [5.41, 5.74) is 7.66. The van der Waals surface area contributed by atoms with E-state index in [9.17, 15) is 18.4 Å². The third-order valence-electron chi connectivity index (χ3n) is 6.63. The predicted octanol–water partition coefficient (Wildman–Crippen LogP) is 3.99. The highest BCUT2D eigenvalue weighted by molar-refractivity contribution is 6.05. The van der Waals surface area contributed by atoms with Gasteiger partial charge in [0.15, 0.2) is 5.82 Å². The summed E-state index contributed by atoms with van der Waals surface area (Å²) in [5, 5.41) is 2.60. The van der Waals surface area contributed by atoms with E-state index in [0.717, 1.165) is 24.5 Å². The summed E-state index contributed by atoms with van der Waals surface area (Å²) in [6, 6.07) is 6.89. The van der Waals surface area contributed by atoms with E-state index in [1.165, 1.54) is 29.4 Å². The second kappa shape index (κ2) is 10.7. The third kappa shape index (κ3) is 5.51. The van der Waals surface area contributed by atoms with Gasteiger partial charge in [-0.15, -0.1) is 0 Å². The molecule has 2 amide bonds. The molecule has 1 aliphatic heterocycles. The summed E-state index contributed by atoms with van der Waals surface area (Å²) in [6.07, 6.45) is 2.76. The molecule has 1 aliphatic carbocycles. The monoisotopic (exact) mass is 533 g/mol. The molecule has 0 radical (unpaired) electrons. The molecule has 2 aromatic carbocycles. The Kier molecular flexibility index (Phi) is 7.13. The van der Waals surface area contributed by atoms with Crippen molar-refractivity contribution in [1.82, 2.24) is 14.9 Å². The minimum Gasteiger partial charge on any atom is -0.380 e. The maximum atomic E-state index is 14.7. The topological polar surface area (TPSA) is 120 Å². The normalized spacial score (nSPS) is 14.7. The zero-order valence-electron chi connectivity index (χ0n) is 21.3. The number of nitrogen functional groups attached to an aromatic ring is 1. The standard InChI is InChI=1S/C28H25F2N5O4/c1-3-4-24(36)35-12-19(13-35)38-39-26-25(32-14-33-27(26)31)21-10-18(29)11-23(15(21)2)34-28(37)20-8-7-17(9-22(20)30)16-5-6-16/h7-11,14,16,19H,5-6,12-13H2,1-2H3,(H,34,37)(H2,31,32,33). The van der Waals surface area contributed by atoms with E-state index < -0.39 is 23.6 Å². The van der Waals surface area contributed by atoms with Crippen LogP contribution in [0.1, 0.15) is 47.2 Å². The zero-order chi connectivity index (χ0) is 27.7. The number of nitrogens with zero attached hydrogens (tertiary/aromatic N) is 3. The Bertz CT molecular complexity index is 1520. The smallest absolute Gasteiger partial charge is 0.298 e. The number of hydrogen-bond acceptors (Lipinski definition) is 7. The molecular formula is C28H25F2N5O4. The maximum absolute atomic E-state index is 14.7. The zero-order valence-corrected chi connectivity index (χ0v) is 21.3. The van der Waals surface area contributed by atoms with Crippen molar-refractivity contribution < 1.29 is 28.1 Å². The second-order valence-electron chi connectivity index (χ2n) is 9.42. The van der Waals surface area contributed by atoms with Crippen LogP contribution in [-0.2, 0) is 9.68 Å². The molecule has 0 unspecified atom stereocenters. The number of nitrogens with one attached hydrogen (secondary N) is 1. The molecule has 2 heterocycles. The van der Waals surface area contributed by atoms with Gasteiger partial charge in [0, 0.05) is 11.3 Å². The van der Waals surface area contributed by atoms with Crippen LogP contribution in [0, 0.1) is 30.4 Å². The summed E-state index contributed by atoms with van der Waals surface area (Å²) >= 11 is 0. The van der Waals surface area contributed by atoms with Gasteiger partial charge in [-0.1, -0.05) is 12.0 Å². The second-order valence-corrected chi connectivity index (χ2v) is 9.42. The van der Waals surface area contributed by atoms with Gasteiger partial charge in [-0.25, -0.2) is 18.7 Å². The fourth-order valence-corrected chi connectivity index (χ4v) is 4.26. The molecule has 3 N–H and O–H groups in total. The van der Waals surface area contributed by atoms with Crippen LogP contribution in [0.15, 0.2) is 36.7 Å². The van der Waals surface area contributed by atoms with Crippen LogP contribution >= 0.6 is 0 Å². The minimum absolute atomic E-state index is 0.0525. The van der Waals surface area contributed by atoms with Crippen LogP contribution in [-0.4, -0.2) is 45.9 Å². The Hall–Kier alpha value is -4.56. The molecular weight excluding hydrogens is 508 g/mol. The summed E-state index contributed by atoms with van der Waals surface area (Å²) in [6.45, 7) is 3.75. The molecule has 200 valence electrons. The molecule has 5 rings (SSSR count). The van der Waals surface area contributed by atoms with Gasteiger partial charge in [0.05, 0.1) is 18.7 Å². The number of amides is 2. The lowest BCUT2D eigenvalue weighted by Gasteiger charge is -2.36. The average molecular weight is 534 g/mol. The van der Waals surface area contributed by atoms with Crippen molar-refractivity contribution in [2.24, 2.45) is 0 Å². The number of likely N-dealkylation sites (tertiary alicyclic amines) is 1. The SMILES string of the molecule is CC#CC(=O)N1CC(OOc2c(N)ncnc2-c2cc(F)cc(NC(=O)c3ccc(C4CC4)cc3F)c2C)C1. The molecule has 0 atom stereocenters. The number of nitrogens with two attached hydrogens (primary N) is 1. The number of benzene rings is 2. The van der Waals surface area contributed by atoms with Crippen molar-refractivity contribution >= 4 is 23.3 Å². The average Bonchev–Trinajstić information content (AvgIpc) is 3.71. The quantitative estimate of drug-likeness (QED) is 0.268. The van der Waals surface area contributed by atoms with Gasteiger partial charge in [-0.05, 0) is 73.9 Å². The summed E-state index contributed by atoms with van der Waals surface area (Å²) < 4.78 is 29.4. The number of carbonyl (C=O) groups excluding carboxylic acids is 2. The molecule has 39 heavy (non-hydrogen) atoms.